The second-order valence-corrected chi connectivity index (χ2v) is 4.17. The molecule has 0 bridgehead atoms. The summed E-state index contributed by atoms with van der Waals surface area (Å²) in [6.45, 7) is 7.25. The highest BCUT2D eigenvalue weighted by Crippen LogP contribution is 1.92. The van der Waals surface area contributed by atoms with Crippen molar-refractivity contribution in [1.82, 2.24) is 10.6 Å². The summed E-state index contributed by atoms with van der Waals surface area (Å²) < 4.78 is 0. The smallest absolute Gasteiger partial charge is 0.221 e. The van der Waals surface area contributed by atoms with E-state index in [0.717, 1.165) is 13.0 Å². The lowest BCUT2D eigenvalue weighted by Gasteiger charge is -2.17. The van der Waals surface area contributed by atoms with E-state index in [1.165, 1.54) is 0 Å². The molecule has 0 radical (unpaired) electrons. The average molecular weight is 227 g/mol. The van der Waals surface area contributed by atoms with E-state index < -0.39 is 0 Å². The Morgan fingerprint density at radius 2 is 2.12 bits per heavy atom. The van der Waals surface area contributed by atoms with Crippen LogP contribution in [-0.2, 0) is 4.79 Å². The summed E-state index contributed by atoms with van der Waals surface area (Å²) in [5, 5.41) is 6.13. The maximum Gasteiger partial charge on any atom is 0.221 e. The van der Waals surface area contributed by atoms with Crippen LogP contribution in [-0.4, -0.2) is 31.1 Å². The Bertz CT molecular complexity index is 214. The molecule has 0 saturated heterocycles. The third kappa shape index (κ3) is 8.44. The number of nitrogens with one attached hydrogen (secondary N) is 2. The topological polar surface area (TPSA) is 67.1 Å². The third-order valence-corrected chi connectivity index (χ3v) is 2.15. The van der Waals surface area contributed by atoms with Gasteiger partial charge in [0.15, 0.2) is 0 Å². The van der Waals surface area contributed by atoms with Crippen LogP contribution in [0, 0.1) is 0 Å². The molecule has 0 saturated carbocycles. The second kappa shape index (κ2) is 9.36. The Kier molecular flexibility index (Phi) is 8.85. The summed E-state index contributed by atoms with van der Waals surface area (Å²) in [6.07, 6.45) is 5.53. The second-order valence-electron chi connectivity index (χ2n) is 4.17. The van der Waals surface area contributed by atoms with Gasteiger partial charge in [-0.25, -0.2) is 0 Å². The van der Waals surface area contributed by atoms with E-state index in [2.05, 4.69) is 16.7 Å². The molecule has 0 aromatic heterocycles. The van der Waals surface area contributed by atoms with E-state index in [-0.39, 0.29) is 18.0 Å². The van der Waals surface area contributed by atoms with Gasteiger partial charge in [0.25, 0.3) is 0 Å². The third-order valence-electron chi connectivity index (χ3n) is 2.15. The van der Waals surface area contributed by atoms with Crippen LogP contribution >= 0.6 is 0 Å². The SMILES string of the molecule is C/C=C/CCNC(CN)CC(=O)NC(C)C. The van der Waals surface area contributed by atoms with Gasteiger partial charge in [-0.05, 0) is 33.7 Å². The van der Waals surface area contributed by atoms with E-state index in [0.29, 0.717) is 13.0 Å². The first-order valence-electron chi connectivity index (χ1n) is 5.94. The van der Waals surface area contributed by atoms with Crippen LogP contribution in [0.25, 0.3) is 0 Å². The first kappa shape index (κ1) is 15.1. The van der Waals surface area contributed by atoms with Crippen LogP contribution in [0.1, 0.15) is 33.6 Å². The lowest BCUT2D eigenvalue weighted by molar-refractivity contribution is -0.122. The largest absolute Gasteiger partial charge is 0.354 e. The van der Waals surface area contributed by atoms with Crippen LogP contribution in [0.15, 0.2) is 12.2 Å². The van der Waals surface area contributed by atoms with Crippen LogP contribution in [0.2, 0.25) is 0 Å². The molecule has 4 heteroatoms. The number of nitrogens with two attached hydrogens (primary N) is 1. The minimum Gasteiger partial charge on any atom is -0.354 e. The summed E-state index contributed by atoms with van der Waals surface area (Å²) in [5.41, 5.74) is 5.61. The molecule has 0 heterocycles. The normalized spacial score (nSPS) is 13.3. The van der Waals surface area contributed by atoms with Crippen molar-refractivity contribution in [2.24, 2.45) is 5.73 Å². The number of hydrogen-bond donors (Lipinski definition) is 3. The first-order valence-corrected chi connectivity index (χ1v) is 5.94. The molecule has 4 nitrogen and oxygen atoms in total. The summed E-state index contributed by atoms with van der Waals surface area (Å²) >= 11 is 0. The molecular formula is C12H25N3O. The Morgan fingerprint density at radius 3 is 2.62 bits per heavy atom. The van der Waals surface area contributed by atoms with Crippen molar-refractivity contribution < 1.29 is 4.79 Å². The maximum absolute atomic E-state index is 11.5. The lowest BCUT2D eigenvalue weighted by Crippen LogP contribution is -2.42. The quantitative estimate of drug-likeness (QED) is 0.424. The van der Waals surface area contributed by atoms with Gasteiger partial charge in [-0.15, -0.1) is 0 Å². The molecule has 1 atom stereocenters. The summed E-state index contributed by atoms with van der Waals surface area (Å²) in [5.74, 6) is 0.0592. The lowest BCUT2D eigenvalue weighted by atomic mass is 10.2. The highest BCUT2D eigenvalue weighted by atomic mass is 16.1. The Hall–Kier alpha value is -0.870. The van der Waals surface area contributed by atoms with Crippen LogP contribution in [0.3, 0.4) is 0 Å². The number of rotatable bonds is 8. The van der Waals surface area contributed by atoms with Crippen LogP contribution in [0.5, 0.6) is 0 Å². The van der Waals surface area contributed by atoms with Crippen molar-refractivity contribution in [3.63, 3.8) is 0 Å². The first-order chi connectivity index (χ1) is 7.60. The van der Waals surface area contributed by atoms with Crippen molar-refractivity contribution in [3.8, 4) is 0 Å². The highest BCUT2D eigenvalue weighted by molar-refractivity contribution is 5.76. The minimum atomic E-state index is 0.0592. The van der Waals surface area contributed by atoms with E-state index in [1.807, 2.05) is 26.8 Å². The van der Waals surface area contributed by atoms with Gasteiger partial charge >= 0.3 is 0 Å². The minimum absolute atomic E-state index is 0.0592. The van der Waals surface area contributed by atoms with Gasteiger partial charge in [0.2, 0.25) is 5.91 Å². The fourth-order valence-corrected chi connectivity index (χ4v) is 1.38. The molecule has 1 amide bonds. The molecule has 94 valence electrons. The van der Waals surface area contributed by atoms with Crippen LogP contribution in [0.4, 0.5) is 0 Å². The number of amides is 1. The standard InChI is InChI=1S/C12H25N3O/c1-4-5-6-7-14-11(9-13)8-12(16)15-10(2)3/h4-5,10-11,14H,6-9,13H2,1-3H3,(H,15,16)/b5-4+. The Morgan fingerprint density at radius 1 is 1.44 bits per heavy atom. The summed E-state index contributed by atoms with van der Waals surface area (Å²) in [4.78, 5) is 11.5. The maximum atomic E-state index is 11.5. The Balaban J connectivity index is 3.77. The fourth-order valence-electron chi connectivity index (χ4n) is 1.38. The predicted octanol–water partition coefficient (Wildman–Crippen LogP) is 0.784. The molecule has 1 unspecified atom stereocenters. The molecular weight excluding hydrogens is 202 g/mol. The molecule has 0 rings (SSSR count). The van der Waals surface area contributed by atoms with Gasteiger partial charge in [-0.1, -0.05) is 12.2 Å². The molecule has 0 spiro atoms. The van der Waals surface area contributed by atoms with Gasteiger partial charge < -0.3 is 16.4 Å². The zero-order valence-electron chi connectivity index (χ0n) is 10.6. The van der Waals surface area contributed by atoms with Gasteiger partial charge in [0.05, 0.1) is 0 Å². The zero-order valence-corrected chi connectivity index (χ0v) is 10.6. The summed E-state index contributed by atoms with van der Waals surface area (Å²) in [7, 11) is 0. The molecule has 0 aliphatic carbocycles. The monoisotopic (exact) mass is 227 g/mol. The average Bonchev–Trinajstić information content (AvgIpc) is 2.21. The van der Waals surface area contributed by atoms with E-state index in [1.54, 1.807) is 0 Å². The van der Waals surface area contributed by atoms with Crippen molar-refractivity contribution in [1.29, 1.82) is 0 Å². The van der Waals surface area contributed by atoms with Crippen molar-refractivity contribution >= 4 is 5.91 Å². The molecule has 0 aromatic rings. The van der Waals surface area contributed by atoms with Gasteiger partial charge in [0.1, 0.15) is 0 Å². The molecule has 0 aliphatic heterocycles. The molecule has 0 aromatic carbocycles. The van der Waals surface area contributed by atoms with Gasteiger partial charge in [-0.3, -0.25) is 4.79 Å². The van der Waals surface area contributed by atoms with Gasteiger partial charge in [-0.2, -0.15) is 0 Å². The predicted molar refractivity (Wildman–Crippen MR) is 68.2 cm³/mol. The zero-order chi connectivity index (χ0) is 12.4. The fraction of sp³-hybridized carbons (Fsp3) is 0.750. The highest BCUT2D eigenvalue weighted by Gasteiger charge is 2.11. The van der Waals surface area contributed by atoms with Gasteiger partial charge in [0, 0.05) is 25.0 Å². The van der Waals surface area contributed by atoms with Crippen molar-refractivity contribution in [3.05, 3.63) is 12.2 Å². The molecule has 4 N–H and O–H groups in total. The van der Waals surface area contributed by atoms with E-state index in [4.69, 9.17) is 5.73 Å². The number of carbonyl (C=O) groups is 1. The molecule has 0 fully saturated rings. The summed E-state index contributed by atoms with van der Waals surface area (Å²) in [6, 6.07) is 0.262. The number of carbonyl (C=O) groups excluding carboxylic acids is 1. The molecule has 16 heavy (non-hydrogen) atoms. The van der Waals surface area contributed by atoms with E-state index >= 15 is 0 Å². The van der Waals surface area contributed by atoms with Crippen molar-refractivity contribution in [2.75, 3.05) is 13.1 Å². The van der Waals surface area contributed by atoms with E-state index in [9.17, 15) is 4.79 Å². The van der Waals surface area contributed by atoms with Crippen molar-refractivity contribution in [2.45, 2.75) is 45.7 Å². The Labute approximate surface area is 98.7 Å². The number of allylic oxidation sites excluding steroid dienone is 1. The molecule has 0 aliphatic rings. The number of hydrogen-bond acceptors (Lipinski definition) is 3. The van der Waals surface area contributed by atoms with Crippen LogP contribution < -0.4 is 16.4 Å².